The van der Waals surface area contributed by atoms with Gasteiger partial charge in [0, 0.05) is 19.1 Å². The molecule has 0 spiro atoms. The van der Waals surface area contributed by atoms with Gasteiger partial charge in [-0.15, -0.1) is 0 Å². The van der Waals surface area contributed by atoms with E-state index in [0.29, 0.717) is 17.5 Å². The maximum atomic E-state index is 13.0. The van der Waals surface area contributed by atoms with Gasteiger partial charge in [-0.2, -0.15) is 8.42 Å². The highest BCUT2D eigenvalue weighted by Gasteiger charge is 2.34. The van der Waals surface area contributed by atoms with Gasteiger partial charge >= 0.3 is 11.9 Å². The Morgan fingerprint density at radius 1 is 0.691 bits per heavy atom. The third-order valence-electron chi connectivity index (χ3n) is 9.60. The molecule has 3 N–H and O–H groups in total. The second-order valence-corrected chi connectivity index (χ2v) is 17.6. The van der Waals surface area contributed by atoms with Gasteiger partial charge in [0.05, 0.1) is 11.8 Å². The van der Waals surface area contributed by atoms with E-state index in [1.807, 2.05) is 39.8 Å². The molecule has 0 heterocycles. The number of unbranched alkanes of at least 4 members (excludes halogenated alkanes) is 18. The molecule has 314 valence electrons. The Morgan fingerprint density at radius 3 is 1.55 bits per heavy atom. The molecule has 0 fully saturated rings. The molecule has 0 saturated heterocycles. The van der Waals surface area contributed by atoms with Crippen LogP contribution >= 0.6 is 0 Å². The van der Waals surface area contributed by atoms with Crippen molar-refractivity contribution >= 4 is 22.1 Å². The molecule has 2 aromatic carbocycles. The van der Waals surface area contributed by atoms with Crippen LogP contribution in [0.4, 0.5) is 0 Å². The van der Waals surface area contributed by atoms with E-state index in [0.717, 1.165) is 31.1 Å². The Morgan fingerprint density at radius 2 is 1.13 bits per heavy atom. The zero-order chi connectivity index (χ0) is 41.1. The fourth-order valence-electron chi connectivity index (χ4n) is 6.20. The summed E-state index contributed by atoms with van der Waals surface area (Å²) in [6.45, 7) is 11.8. The van der Waals surface area contributed by atoms with Crippen LogP contribution in [0.5, 0.6) is 11.5 Å². The van der Waals surface area contributed by atoms with Crippen molar-refractivity contribution < 1.29 is 36.8 Å². The number of carbonyl (C=O) groups excluding carboxylic acids is 2. The van der Waals surface area contributed by atoms with Crippen molar-refractivity contribution in [3.05, 3.63) is 59.2 Å². The molecule has 0 aliphatic rings. The van der Waals surface area contributed by atoms with Gasteiger partial charge < -0.3 is 20.3 Å². The van der Waals surface area contributed by atoms with Crippen molar-refractivity contribution in [2.75, 3.05) is 12.9 Å². The maximum Gasteiger partial charge on any atom is 0.343 e. The lowest BCUT2D eigenvalue weighted by Gasteiger charge is -2.33. The first kappa shape index (κ1) is 50.2. The third-order valence-corrected chi connectivity index (χ3v) is 10.2. The Hall–Kier alpha value is -2.79. The van der Waals surface area contributed by atoms with E-state index in [2.05, 4.69) is 6.92 Å². The summed E-state index contributed by atoms with van der Waals surface area (Å²) in [5.74, 6) is -1.03. The summed E-state index contributed by atoms with van der Waals surface area (Å²) in [6, 6.07) is 10.8. The van der Waals surface area contributed by atoms with Crippen LogP contribution in [0.2, 0.25) is 0 Å². The third kappa shape index (κ3) is 23.8. The lowest BCUT2D eigenvalue weighted by atomic mass is 9.82. The van der Waals surface area contributed by atoms with E-state index < -0.39 is 39.6 Å². The number of hydrogen-bond acceptors (Lipinski definition) is 9. The van der Waals surface area contributed by atoms with Crippen molar-refractivity contribution in [1.82, 2.24) is 0 Å². The first-order chi connectivity index (χ1) is 26.1. The van der Waals surface area contributed by atoms with Crippen LogP contribution in [-0.2, 0) is 19.1 Å². The van der Waals surface area contributed by atoms with Gasteiger partial charge in [0.15, 0.2) is 11.5 Å². The van der Waals surface area contributed by atoms with Gasteiger partial charge in [-0.3, -0.25) is 8.98 Å². The predicted octanol–water partition coefficient (Wildman–Crippen LogP) is 11.3. The van der Waals surface area contributed by atoms with Gasteiger partial charge in [-0.25, -0.2) is 4.79 Å². The van der Waals surface area contributed by atoms with E-state index in [-0.39, 0.29) is 24.5 Å². The summed E-state index contributed by atoms with van der Waals surface area (Å²) in [5.41, 5.74) is 7.70. The highest BCUT2D eigenvalue weighted by Crippen LogP contribution is 2.37. The number of esters is 2. The SMILES string of the molecule is CCCCCCCCCCCCCCCCCCCCCC(=O)Oc1cc(C(OS(C)(=O)=O)C(N)C(C)(C)C)ccc1OC(=O)c1ccc(C)cc1.CCO. The monoisotopic (exact) mass is 790 g/mol. The number of rotatable bonds is 27. The van der Waals surface area contributed by atoms with Crippen LogP contribution < -0.4 is 15.2 Å². The summed E-state index contributed by atoms with van der Waals surface area (Å²) in [5, 5.41) is 7.57. The highest BCUT2D eigenvalue weighted by atomic mass is 32.2. The highest BCUT2D eigenvalue weighted by molar-refractivity contribution is 7.86. The maximum absolute atomic E-state index is 13.0. The van der Waals surface area contributed by atoms with E-state index >= 15 is 0 Å². The van der Waals surface area contributed by atoms with E-state index in [1.54, 1.807) is 25.1 Å². The second kappa shape index (κ2) is 28.6. The molecule has 0 bridgehead atoms. The molecule has 0 amide bonds. The average molecular weight is 790 g/mol. The lowest BCUT2D eigenvalue weighted by molar-refractivity contribution is -0.134. The number of aliphatic hydroxyl groups excluding tert-OH is 1. The summed E-state index contributed by atoms with van der Waals surface area (Å²) in [6.07, 6.45) is 24.3. The summed E-state index contributed by atoms with van der Waals surface area (Å²) in [7, 11) is -3.89. The molecule has 9 nitrogen and oxygen atoms in total. The minimum atomic E-state index is -3.89. The van der Waals surface area contributed by atoms with Gasteiger partial charge in [-0.05, 0) is 55.5 Å². The molecule has 0 radical (unpaired) electrons. The zero-order valence-corrected chi connectivity index (χ0v) is 36.2. The molecule has 55 heavy (non-hydrogen) atoms. The summed E-state index contributed by atoms with van der Waals surface area (Å²) >= 11 is 0. The molecule has 0 aliphatic heterocycles. The average Bonchev–Trinajstić information content (AvgIpc) is 3.12. The van der Waals surface area contributed by atoms with E-state index in [1.165, 1.54) is 108 Å². The standard InChI is InChI=1S/C43H69NO7S.C2H6O/c1-7-8-9-10-11-12-13-14-15-16-17-18-19-20-21-22-23-24-25-26-39(45)49-38-33-36(40(51-52(6,47)48)41(44)43(3,4)5)31-32-37(38)50-42(46)35-29-27-34(2)28-30-35;1-2-3/h27-33,40-41H,7-26,44H2,1-6H3;3H,2H2,1H3. The topological polar surface area (TPSA) is 142 Å². The minimum absolute atomic E-state index is 0.00368. The molecular weight excluding hydrogens is 715 g/mol. The van der Waals surface area contributed by atoms with Gasteiger partial charge in [0.2, 0.25) is 0 Å². The molecular formula is C45H75NO8S. The predicted molar refractivity (Wildman–Crippen MR) is 225 cm³/mol. The Labute approximate surface area is 334 Å². The van der Waals surface area contributed by atoms with Crippen molar-refractivity contribution in [3.8, 4) is 11.5 Å². The smallest absolute Gasteiger partial charge is 0.343 e. The minimum Gasteiger partial charge on any atom is -0.423 e. The molecule has 2 aromatic rings. The molecule has 10 heteroatoms. The van der Waals surface area contributed by atoms with E-state index in [9.17, 15) is 18.0 Å². The van der Waals surface area contributed by atoms with Gasteiger partial charge in [-0.1, -0.05) is 167 Å². The fourth-order valence-corrected chi connectivity index (χ4v) is 6.81. The first-order valence-electron chi connectivity index (χ1n) is 21.0. The normalized spacial score (nSPS) is 12.7. The van der Waals surface area contributed by atoms with Crippen LogP contribution in [0.25, 0.3) is 0 Å². The molecule has 2 rings (SSSR count). The van der Waals surface area contributed by atoms with Crippen LogP contribution in [-0.4, -0.2) is 44.4 Å². The van der Waals surface area contributed by atoms with Gasteiger partial charge in [0.25, 0.3) is 10.1 Å². The Bertz CT molecular complexity index is 1440. The molecule has 0 aliphatic carbocycles. The second-order valence-electron chi connectivity index (χ2n) is 16.0. The number of aryl methyl sites for hydroxylation is 1. The van der Waals surface area contributed by atoms with Gasteiger partial charge in [0.1, 0.15) is 6.10 Å². The van der Waals surface area contributed by atoms with Crippen molar-refractivity contribution in [2.45, 2.75) is 182 Å². The van der Waals surface area contributed by atoms with Crippen LogP contribution in [0.15, 0.2) is 42.5 Å². The van der Waals surface area contributed by atoms with Crippen LogP contribution in [0.3, 0.4) is 0 Å². The number of hydrogen-bond donors (Lipinski definition) is 2. The molecule has 0 saturated carbocycles. The Balaban J connectivity index is 0.00000487. The number of carbonyl (C=O) groups is 2. The number of nitrogens with two attached hydrogens (primary N) is 1. The summed E-state index contributed by atoms with van der Waals surface area (Å²) in [4.78, 5) is 26.0. The molecule has 2 unspecified atom stereocenters. The number of aliphatic hydroxyl groups is 1. The summed E-state index contributed by atoms with van der Waals surface area (Å²) < 4.78 is 41.3. The zero-order valence-electron chi connectivity index (χ0n) is 35.3. The lowest BCUT2D eigenvalue weighted by Crippen LogP contribution is -2.42. The molecule has 0 aromatic heterocycles. The van der Waals surface area contributed by atoms with Crippen molar-refractivity contribution in [1.29, 1.82) is 0 Å². The van der Waals surface area contributed by atoms with Crippen molar-refractivity contribution in [2.24, 2.45) is 11.1 Å². The molecule has 2 atom stereocenters. The Kier molecular flexibility index (Phi) is 26.1. The van der Waals surface area contributed by atoms with Crippen molar-refractivity contribution in [3.63, 3.8) is 0 Å². The fraction of sp³-hybridized carbons (Fsp3) is 0.689. The van der Waals surface area contributed by atoms with Crippen LogP contribution in [0, 0.1) is 12.3 Å². The number of benzene rings is 2. The first-order valence-corrected chi connectivity index (χ1v) is 22.8. The van der Waals surface area contributed by atoms with Crippen LogP contribution in [0.1, 0.15) is 191 Å². The quantitative estimate of drug-likeness (QED) is 0.0391. The van der Waals surface area contributed by atoms with E-state index in [4.69, 9.17) is 24.5 Å². The number of ether oxygens (including phenoxy) is 2. The largest absolute Gasteiger partial charge is 0.423 e.